The van der Waals surface area contributed by atoms with Gasteiger partial charge in [0.1, 0.15) is 6.04 Å². The van der Waals surface area contributed by atoms with Crippen molar-refractivity contribution in [3.8, 4) is 0 Å². The SMILES string of the molecule is NC(N)=NCCC[C@H](NS(=O)(=O)c1ccc2ccccc2c1)C(=O)N1CCN(C(=O)CCCCC(=O)O)CC1. The molecule has 2 aromatic carbocycles. The Bertz CT molecular complexity index is 1300. The summed E-state index contributed by atoms with van der Waals surface area (Å²) in [7, 11) is -4.02. The molecule has 2 aromatic rings. The highest BCUT2D eigenvalue weighted by Crippen LogP contribution is 2.20. The Morgan fingerprint density at radius 1 is 0.923 bits per heavy atom. The van der Waals surface area contributed by atoms with Crippen LogP contribution < -0.4 is 16.2 Å². The van der Waals surface area contributed by atoms with Gasteiger partial charge in [0, 0.05) is 45.6 Å². The van der Waals surface area contributed by atoms with Crippen LogP contribution in [0, 0.1) is 0 Å². The molecule has 1 saturated heterocycles. The number of benzene rings is 2. The molecule has 12 nitrogen and oxygen atoms in total. The van der Waals surface area contributed by atoms with E-state index in [1.807, 2.05) is 24.3 Å². The maximum atomic E-state index is 13.5. The number of nitrogens with two attached hydrogens (primary N) is 2. The van der Waals surface area contributed by atoms with Gasteiger partial charge in [-0.25, -0.2) is 8.42 Å². The smallest absolute Gasteiger partial charge is 0.303 e. The van der Waals surface area contributed by atoms with Crippen molar-refractivity contribution in [3.05, 3.63) is 42.5 Å². The maximum Gasteiger partial charge on any atom is 0.303 e. The Balaban J connectivity index is 1.65. The summed E-state index contributed by atoms with van der Waals surface area (Å²) < 4.78 is 29.1. The summed E-state index contributed by atoms with van der Waals surface area (Å²) in [5.41, 5.74) is 10.8. The Kier molecular flexibility index (Phi) is 10.6. The predicted molar refractivity (Wildman–Crippen MR) is 147 cm³/mol. The summed E-state index contributed by atoms with van der Waals surface area (Å²) in [4.78, 5) is 43.7. The van der Waals surface area contributed by atoms with E-state index >= 15 is 0 Å². The second-order valence-corrected chi connectivity index (χ2v) is 11.2. The van der Waals surface area contributed by atoms with Crippen LogP contribution in [0.3, 0.4) is 0 Å². The van der Waals surface area contributed by atoms with Gasteiger partial charge in [-0.1, -0.05) is 30.3 Å². The molecule has 1 heterocycles. The normalized spacial score (nSPS) is 14.7. The molecule has 0 saturated carbocycles. The number of piperazine rings is 1. The number of fused-ring (bicyclic) bond motifs is 1. The molecule has 0 aliphatic carbocycles. The number of guanidine groups is 1. The minimum Gasteiger partial charge on any atom is -0.481 e. The molecule has 212 valence electrons. The van der Waals surface area contributed by atoms with E-state index in [1.165, 1.54) is 6.07 Å². The summed E-state index contributed by atoms with van der Waals surface area (Å²) in [6.45, 7) is 1.42. The Morgan fingerprint density at radius 2 is 1.56 bits per heavy atom. The molecule has 0 unspecified atom stereocenters. The van der Waals surface area contributed by atoms with E-state index < -0.39 is 22.0 Å². The molecule has 1 aliphatic rings. The van der Waals surface area contributed by atoms with Crippen LogP contribution >= 0.6 is 0 Å². The molecular weight excluding hydrogens is 524 g/mol. The lowest BCUT2D eigenvalue weighted by Gasteiger charge is -2.36. The third-order valence-corrected chi connectivity index (χ3v) is 8.02. The topological polar surface area (TPSA) is 188 Å². The number of aliphatic carboxylic acids is 1. The lowest BCUT2D eigenvalue weighted by atomic mass is 10.1. The highest BCUT2D eigenvalue weighted by molar-refractivity contribution is 7.89. The molecule has 0 radical (unpaired) electrons. The fraction of sp³-hybridized carbons (Fsp3) is 0.462. The number of sulfonamides is 1. The van der Waals surface area contributed by atoms with Crippen LogP contribution in [0.25, 0.3) is 10.8 Å². The second-order valence-electron chi connectivity index (χ2n) is 9.44. The lowest BCUT2D eigenvalue weighted by molar-refractivity contribution is -0.140. The summed E-state index contributed by atoms with van der Waals surface area (Å²) >= 11 is 0. The van der Waals surface area contributed by atoms with E-state index in [1.54, 1.807) is 21.9 Å². The van der Waals surface area contributed by atoms with E-state index in [-0.39, 0.29) is 61.6 Å². The van der Waals surface area contributed by atoms with E-state index in [4.69, 9.17) is 16.6 Å². The van der Waals surface area contributed by atoms with Crippen LogP contribution in [0.4, 0.5) is 0 Å². The van der Waals surface area contributed by atoms with Crippen LogP contribution in [0.5, 0.6) is 0 Å². The maximum absolute atomic E-state index is 13.5. The van der Waals surface area contributed by atoms with Gasteiger partial charge < -0.3 is 26.4 Å². The van der Waals surface area contributed by atoms with E-state index in [0.717, 1.165) is 10.8 Å². The quantitative estimate of drug-likeness (QED) is 0.158. The van der Waals surface area contributed by atoms with Crippen LogP contribution in [0.15, 0.2) is 52.4 Å². The monoisotopic (exact) mass is 560 g/mol. The zero-order valence-corrected chi connectivity index (χ0v) is 22.6. The molecule has 3 rings (SSSR count). The number of rotatable bonds is 13. The molecule has 0 spiro atoms. The van der Waals surface area contributed by atoms with Crippen molar-refractivity contribution in [2.24, 2.45) is 16.5 Å². The fourth-order valence-electron chi connectivity index (χ4n) is 4.43. The zero-order valence-electron chi connectivity index (χ0n) is 21.8. The number of hydrogen-bond donors (Lipinski definition) is 4. The molecule has 13 heteroatoms. The van der Waals surface area contributed by atoms with E-state index in [0.29, 0.717) is 32.4 Å². The second kappa shape index (κ2) is 13.9. The number of amides is 2. The van der Waals surface area contributed by atoms with Crippen LogP contribution in [0.2, 0.25) is 0 Å². The first-order valence-electron chi connectivity index (χ1n) is 12.9. The standard InChI is InChI=1S/C26H36N6O6S/c27-26(28)29-13-5-8-22(30-39(37,38)21-12-11-19-6-1-2-7-20(19)18-21)25(36)32-16-14-31(15-17-32)23(33)9-3-4-10-24(34)35/h1-2,6-7,11-12,18,22,30H,3-5,8-10,13-17H2,(H,34,35)(H4,27,28,29)/t22-/m0/s1. The number of carboxylic acid groups (broad SMARTS) is 1. The molecule has 0 aromatic heterocycles. The number of nitrogens with zero attached hydrogens (tertiary/aromatic N) is 3. The van der Waals surface area contributed by atoms with Crippen LogP contribution in [-0.4, -0.2) is 85.8 Å². The van der Waals surface area contributed by atoms with Crippen molar-refractivity contribution >= 4 is 44.5 Å². The molecule has 0 bridgehead atoms. The summed E-state index contributed by atoms with van der Waals surface area (Å²) in [6, 6.07) is 11.2. The van der Waals surface area contributed by atoms with E-state index in [2.05, 4.69) is 9.71 Å². The number of carbonyl (C=O) groups excluding carboxylic acids is 2. The zero-order chi connectivity index (χ0) is 28.4. The van der Waals surface area contributed by atoms with Gasteiger partial charge in [-0.2, -0.15) is 4.72 Å². The molecule has 39 heavy (non-hydrogen) atoms. The summed E-state index contributed by atoms with van der Waals surface area (Å²) in [6.07, 6.45) is 1.75. The molecule has 1 fully saturated rings. The van der Waals surface area contributed by atoms with Crippen molar-refractivity contribution in [2.45, 2.75) is 49.5 Å². The number of nitrogens with one attached hydrogen (secondary N) is 1. The fourth-order valence-corrected chi connectivity index (χ4v) is 5.69. The van der Waals surface area contributed by atoms with Gasteiger partial charge in [0.25, 0.3) is 0 Å². The van der Waals surface area contributed by atoms with Crippen molar-refractivity contribution in [1.29, 1.82) is 0 Å². The average molecular weight is 561 g/mol. The van der Waals surface area contributed by atoms with Crippen molar-refractivity contribution in [2.75, 3.05) is 32.7 Å². The average Bonchev–Trinajstić information content (AvgIpc) is 2.91. The van der Waals surface area contributed by atoms with Gasteiger partial charge in [0.15, 0.2) is 5.96 Å². The summed E-state index contributed by atoms with van der Waals surface area (Å²) in [5, 5.41) is 10.4. The van der Waals surface area contributed by atoms with Crippen molar-refractivity contribution < 1.29 is 27.9 Å². The minimum absolute atomic E-state index is 0.0231. The molecule has 1 atom stereocenters. The number of unbranched alkanes of at least 4 members (excludes halogenated alkanes) is 1. The van der Waals surface area contributed by atoms with Crippen molar-refractivity contribution in [3.63, 3.8) is 0 Å². The van der Waals surface area contributed by atoms with Gasteiger partial charge in [0.2, 0.25) is 21.8 Å². The highest BCUT2D eigenvalue weighted by Gasteiger charge is 2.31. The van der Waals surface area contributed by atoms with Crippen molar-refractivity contribution in [1.82, 2.24) is 14.5 Å². The van der Waals surface area contributed by atoms with Gasteiger partial charge in [0.05, 0.1) is 4.90 Å². The van der Waals surface area contributed by atoms with Crippen LogP contribution in [0.1, 0.15) is 38.5 Å². The van der Waals surface area contributed by atoms with Gasteiger partial charge in [-0.05, 0) is 48.6 Å². The lowest BCUT2D eigenvalue weighted by Crippen LogP contribution is -2.55. The first kappa shape index (κ1) is 29.8. The number of aliphatic imine (C=N–C) groups is 1. The molecule has 1 aliphatic heterocycles. The minimum atomic E-state index is -4.02. The first-order chi connectivity index (χ1) is 18.6. The Morgan fingerprint density at radius 3 is 2.23 bits per heavy atom. The number of carboxylic acids is 1. The van der Waals surface area contributed by atoms with Gasteiger partial charge in [-0.15, -0.1) is 0 Å². The number of carbonyl (C=O) groups is 3. The summed E-state index contributed by atoms with van der Waals surface area (Å²) in [5.74, 6) is -1.44. The largest absolute Gasteiger partial charge is 0.481 e. The highest BCUT2D eigenvalue weighted by atomic mass is 32.2. The molecular formula is C26H36N6O6S. The Hall–Kier alpha value is -3.71. The third kappa shape index (κ3) is 8.93. The van der Waals surface area contributed by atoms with Gasteiger partial charge in [-0.3, -0.25) is 19.4 Å². The third-order valence-electron chi connectivity index (χ3n) is 6.55. The molecule has 6 N–H and O–H groups in total. The Labute approximate surface area is 228 Å². The molecule has 2 amide bonds. The predicted octanol–water partition coefficient (Wildman–Crippen LogP) is 0.856. The van der Waals surface area contributed by atoms with Gasteiger partial charge >= 0.3 is 5.97 Å². The van der Waals surface area contributed by atoms with Crippen LogP contribution in [-0.2, 0) is 24.4 Å². The van der Waals surface area contributed by atoms with E-state index in [9.17, 15) is 22.8 Å². The number of hydrogen-bond acceptors (Lipinski definition) is 6. The first-order valence-corrected chi connectivity index (χ1v) is 14.4.